The van der Waals surface area contributed by atoms with E-state index < -0.39 is 11.7 Å². The molecule has 3 rings (SSSR count). The monoisotopic (exact) mass is 369 g/mol. The van der Waals surface area contributed by atoms with Gasteiger partial charge in [0.25, 0.3) is 0 Å². The van der Waals surface area contributed by atoms with Crippen LogP contribution < -0.4 is 5.73 Å². The van der Waals surface area contributed by atoms with E-state index in [1.807, 2.05) is 0 Å². The molecule has 1 unspecified atom stereocenters. The highest BCUT2D eigenvalue weighted by molar-refractivity contribution is 5.55. The Balaban J connectivity index is 1.75. The molecule has 2 heterocycles. The molecule has 26 heavy (non-hydrogen) atoms. The second kappa shape index (κ2) is 7.77. The van der Waals surface area contributed by atoms with Crippen molar-refractivity contribution in [1.82, 2.24) is 9.88 Å². The third kappa shape index (κ3) is 4.44. The van der Waals surface area contributed by atoms with Gasteiger partial charge in [0.15, 0.2) is 0 Å². The summed E-state index contributed by atoms with van der Waals surface area (Å²) in [6.45, 7) is 5.06. The molecule has 2 N–H and O–H groups in total. The summed E-state index contributed by atoms with van der Waals surface area (Å²) in [5.41, 5.74) is 5.91. The van der Waals surface area contributed by atoms with Gasteiger partial charge in [-0.3, -0.25) is 4.90 Å². The van der Waals surface area contributed by atoms with Gasteiger partial charge in [0.2, 0.25) is 5.89 Å². The zero-order valence-electron chi connectivity index (χ0n) is 14.6. The molecular formula is C18H22F3N3O2. The molecule has 1 aromatic heterocycles. The van der Waals surface area contributed by atoms with Gasteiger partial charge in [0.05, 0.1) is 24.0 Å². The quantitative estimate of drug-likeness (QED) is 0.877. The standard InChI is InChI=1S/C18H22F3N3O2/c1-12-16(11-24-7-8-25-15(10-24)5-6-22)23-17(26-12)13-3-2-4-14(9-13)18(19,20)21/h2-4,9,15H,5-8,10-11,22H2,1H3. The molecule has 0 amide bonds. The average molecular weight is 369 g/mol. The van der Waals surface area contributed by atoms with Gasteiger partial charge < -0.3 is 14.9 Å². The summed E-state index contributed by atoms with van der Waals surface area (Å²) in [5, 5.41) is 0. The van der Waals surface area contributed by atoms with Crippen molar-refractivity contribution in [1.29, 1.82) is 0 Å². The van der Waals surface area contributed by atoms with Crippen molar-refractivity contribution in [2.75, 3.05) is 26.2 Å². The number of morpholine rings is 1. The summed E-state index contributed by atoms with van der Waals surface area (Å²) in [4.78, 5) is 6.63. The van der Waals surface area contributed by atoms with Crippen molar-refractivity contribution in [2.45, 2.75) is 32.2 Å². The lowest BCUT2D eigenvalue weighted by molar-refractivity contribution is -0.137. The molecule has 1 atom stereocenters. The van der Waals surface area contributed by atoms with Crippen LogP contribution in [0.3, 0.4) is 0 Å². The van der Waals surface area contributed by atoms with Crippen LogP contribution in [-0.2, 0) is 17.5 Å². The molecule has 1 aliphatic rings. The summed E-state index contributed by atoms with van der Waals surface area (Å²) in [7, 11) is 0. The first kappa shape index (κ1) is 18.9. The van der Waals surface area contributed by atoms with Crippen molar-refractivity contribution < 1.29 is 22.3 Å². The molecule has 1 fully saturated rings. The van der Waals surface area contributed by atoms with E-state index in [0.29, 0.717) is 31.0 Å². The molecule has 142 valence electrons. The number of benzene rings is 1. The van der Waals surface area contributed by atoms with E-state index in [1.54, 1.807) is 13.0 Å². The lowest BCUT2D eigenvalue weighted by Crippen LogP contribution is -2.42. The second-order valence-electron chi connectivity index (χ2n) is 6.41. The molecule has 2 aromatic rings. The van der Waals surface area contributed by atoms with Crippen molar-refractivity contribution in [3.8, 4) is 11.5 Å². The maximum atomic E-state index is 12.9. The minimum Gasteiger partial charge on any atom is -0.441 e. The van der Waals surface area contributed by atoms with E-state index in [2.05, 4.69) is 9.88 Å². The van der Waals surface area contributed by atoms with Crippen molar-refractivity contribution in [3.63, 3.8) is 0 Å². The van der Waals surface area contributed by atoms with Crippen LogP contribution >= 0.6 is 0 Å². The zero-order valence-corrected chi connectivity index (χ0v) is 14.6. The molecule has 5 nitrogen and oxygen atoms in total. The molecule has 0 radical (unpaired) electrons. The molecule has 1 saturated heterocycles. The van der Waals surface area contributed by atoms with Gasteiger partial charge in [-0.15, -0.1) is 0 Å². The van der Waals surface area contributed by atoms with Crippen molar-refractivity contribution >= 4 is 0 Å². The highest BCUT2D eigenvalue weighted by atomic mass is 19.4. The van der Waals surface area contributed by atoms with Gasteiger partial charge in [0, 0.05) is 25.2 Å². The van der Waals surface area contributed by atoms with E-state index in [1.165, 1.54) is 6.07 Å². The lowest BCUT2D eigenvalue weighted by atomic mass is 10.1. The maximum absolute atomic E-state index is 12.9. The molecule has 0 spiro atoms. The minimum absolute atomic E-state index is 0.101. The number of alkyl halides is 3. The number of nitrogens with zero attached hydrogens (tertiary/aromatic N) is 2. The van der Waals surface area contributed by atoms with Crippen LogP contribution in [0.2, 0.25) is 0 Å². The Hall–Kier alpha value is -1.90. The third-order valence-electron chi connectivity index (χ3n) is 4.41. The number of aryl methyl sites for hydroxylation is 1. The maximum Gasteiger partial charge on any atom is 0.416 e. The van der Waals surface area contributed by atoms with Crippen LogP contribution in [0.5, 0.6) is 0 Å². The molecule has 0 saturated carbocycles. The number of ether oxygens (including phenoxy) is 1. The zero-order chi connectivity index (χ0) is 18.7. The van der Waals surface area contributed by atoms with Crippen molar-refractivity contribution in [3.05, 3.63) is 41.3 Å². The smallest absolute Gasteiger partial charge is 0.416 e. The van der Waals surface area contributed by atoms with E-state index >= 15 is 0 Å². The summed E-state index contributed by atoms with van der Waals surface area (Å²) in [6.07, 6.45) is -3.50. The fraction of sp³-hybridized carbons (Fsp3) is 0.500. The number of hydrogen-bond acceptors (Lipinski definition) is 5. The normalized spacial score (nSPS) is 19.0. The fourth-order valence-electron chi connectivity index (χ4n) is 3.02. The number of nitrogens with two attached hydrogens (primary N) is 1. The molecule has 1 aromatic carbocycles. The third-order valence-corrected chi connectivity index (χ3v) is 4.41. The first-order valence-electron chi connectivity index (χ1n) is 8.55. The summed E-state index contributed by atoms with van der Waals surface area (Å²) in [6, 6.07) is 5.01. The topological polar surface area (TPSA) is 64.5 Å². The summed E-state index contributed by atoms with van der Waals surface area (Å²) in [5.74, 6) is 0.814. The van der Waals surface area contributed by atoms with Gasteiger partial charge in [-0.05, 0) is 38.1 Å². The van der Waals surface area contributed by atoms with E-state index in [-0.39, 0.29) is 12.0 Å². The molecule has 0 aliphatic carbocycles. The molecule has 8 heteroatoms. The Labute approximate surface area is 149 Å². The largest absolute Gasteiger partial charge is 0.441 e. The number of aromatic nitrogens is 1. The van der Waals surface area contributed by atoms with Crippen LogP contribution in [0.1, 0.15) is 23.4 Å². The van der Waals surface area contributed by atoms with E-state index in [9.17, 15) is 13.2 Å². The van der Waals surface area contributed by atoms with Gasteiger partial charge in [-0.1, -0.05) is 6.07 Å². The second-order valence-corrected chi connectivity index (χ2v) is 6.41. The Morgan fingerprint density at radius 3 is 2.88 bits per heavy atom. The van der Waals surface area contributed by atoms with Crippen molar-refractivity contribution in [2.24, 2.45) is 5.73 Å². The predicted octanol–water partition coefficient (Wildman–Crippen LogP) is 3.22. The molecule has 1 aliphatic heterocycles. The van der Waals surface area contributed by atoms with E-state index in [0.717, 1.165) is 37.3 Å². The number of halogens is 3. The van der Waals surface area contributed by atoms with Crippen LogP contribution in [0, 0.1) is 6.92 Å². The average Bonchev–Trinajstić information content (AvgIpc) is 2.96. The highest BCUT2D eigenvalue weighted by Crippen LogP contribution is 2.32. The Kier molecular flexibility index (Phi) is 5.64. The highest BCUT2D eigenvalue weighted by Gasteiger charge is 2.31. The van der Waals surface area contributed by atoms with Crippen LogP contribution in [-0.4, -0.2) is 42.2 Å². The molecular weight excluding hydrogens is 347 g/mol. The number of hydrogen-bond donors (Lipinski definition) is 1. The van der Waals surface area contributed by atoms with Gasteiger partial charge >= 0.3 is 6.18 Å². The predicted molar refractivity (Wildman–Crippen MR) is 90.4 cm³/mol. The number of oxazole rings is 1. The lowest BCUT2D eigenvalue weighted by Gasteiger charge is -2.32. The van der Waals surface area contributed by atoms with Crippen LogP contribution in [0.15, 0.2) is 28.7 Å². The minimum atomic E-state index is -4.40. The summed E-state index contributed by atoms with van der Waals surface area (Å²) < 4.78 is 50.0. The van der Waals surface area contributed by atoms with Gasteiger partial charge in [-0.2, -0.15) is 13.2 Å². The first-order valence-corrected chi connectivity index (χ1v) is 8.55. The molecule has 0 bridgehead atoms. The number of rotatable bonds is 5. The van der Waals surface area contributed by atoms with E-state index in [4.69, 9.17) is 14.9 Å². The fourth-order valence-corrected chi connectivity index (χ4v) is 3.02. The van der Waals surface area contributed by atoms with Gasteiger partial charge in [-0.25, -0.2) is 4.98 Å². The Morgan fingerprint density at radius 2 is 2.15 bits per heavy atom. The van der Waals surface area contributed by atoms with Gasteiger partial charge in [0.1, 0.15) is 5.76 Å². The first-order chi connectivity index (χ1) is 12.4. The summed E-state index contributed by atoms with van der Waals surface area (Å²) >= 11 is 0. The Bertz CT molecular complexity index is 744. The Morgan fingerprint density at radius 1 is 1.35 bits per heavy atom. The SMILES string of the molecule is Cc1oc(-c2cccc(C(F)(F)F)c2)nc1CN1CCOC(CCN)C1. The van der Waals surface area contributed by atoms with Crippen LogP contribution in [0.25, 0.3) is 11.5 Å². The van der Waals surface area contributed by atoms with Crippen LogP contribution in [0.4, 0.5) is 13.2 Å².